The summed E-state index contributed by atoms with van der Waals surface area (Å²) in [7, 11) is 0. The Labute approximate surface area is 128 Å². The lowest BCUT2D eigenvalue weighted by atomic mass is 10.0. The van der Waals surface area contributed by atoms with Gasteiger partial charge in [-0.3, -0.25) is 9.59 Å². The highest BCUT2D eigenvalue weighted by atomic mass is 16.5. The summed E-state index contributed by atoms with van der Waals surface area (Å²) in [5, 5.41) is 5.26. The third-order valence-corrected chi connectivity index (χ3v) is 3.42. The largest absolute Gasteiger partial charge is 0.457 e. The molecule has 1 aliphatic heterocycles. The van der Waals surface area contributed by atoms with Gasteiger partial charge >= 0.3 is 0 Å². The van der Waals surface area contributed by atoms with E-state index in [2.05, 4.69) is 10.6 Å². The highest BCUT2D eigenvalue weighted by molar-refractivity contribution is 5.94. The average Bonchev–Trinajstić information content (AvgIpc) is 2.54. The molecular weight excluding hydrogens is 280 g/mol. The molecule has 0 spiro atoms. The van der Waals surface area contributed by atoms with Crippen molar-refractivity contribution in [2.45, 2.75) is 12.5 Å². The molecule has 0 saturated carbocycles. The van der Waals surface area contributed by atoms with Crippen LogP contribution in [0, 0.1) is 0 Å². The lowest BCUT2D eigenvalue weighted by Gasteiger charge is -2.23. The molecular formula is C17H16N2O3. The maximum atomic E-state index is 11.7. The van der Waals surface area contributed by atoms with Crippen molar-refractivity contribution >= 4 is 11.8 Å². The molecule has 1 atom stereocenters. The predicted octanol–water partition coefficient (Wildman–Crippen LogP) is 1.64. The third kappa shape index (κ3) is 3.44. The molecule has 1 saturated heterocycles. The van der Waals surface area contributed by atoms with Gasteiger partial charge < -0.3 is 15.4 Å². The van der Waals surface area contributed by atoms with Gasteiger partial charge in [0.2, 0.25) is 11.8 Å². The number of benzene rings is 2. The molecule has 2 aromatic rings. The Balaban J connectivity index is 1.64. The first-order valence-electron chi connectivity index (χ1n) is 7.09. The molecule has 2 N–H and O–H groups in total. The van der Waals surface area contributed by atoms with Gasteiger partial charge in [-0.1, -0.05) is 30.3 Å². The zero-order chi connectivity index (χ0) is 15.4. The molecule has 0 aromatic heterocycles. The molecule has 112 valence electrons. The number of carbonyl (C=O) groups excluding carboxylic acids is 2. The van der Waals surface area contributed by atoms with Crippen LogP contribution in [0.3, 0.4) is 0 Å². The van der Waals surface area contributed by atoms with Crippen LogP contribution in [0.25, 0.3) is 0 Å². The Morgan fingerprint density at radius 3 is 2.36 bits per heavy atom. The van der Waals surface area contributed by atoms with Crippen molar-refractivity contribution in [2.75, 3.05) is 6.54 Å². The summed E-state index contributed by atoms with van der Waals surface area (Å²) in [6.45, 7) is 0.0547. The number of hydrogen-bond donors (Lipinski definition) is 2. The number of hydrogen-bond acceptors (Lipinski definition) is 3. The number of amides is 2. The first-order chi connectivity index (χ1) is 10.7. The summed E-state index contributed by atoms with van der Waals surface area (Å²) in [6, 6.07) is 16.5. The van der Waals surface area contributed by atoms with E-state index in [0.29, 0.717) is 6.42 Å². The first-order valence-corrected chi connectivity index (χ1v) is 7.09. The fourth-order valence-corrected chi connectivity index (χ4v) is 2.30. The quantitative estimate of drug-likeness (QED) is 0.901. The smallest absolute Gasteiger partial charge is 0.243 e. The molecule has 2 amide bonds. The van der Waals surface area contributed by atoms with E-state index in [1.807, 2.05) is 54.6 Å². The van der Waals surface area contributed by atoms with Crippen LogP contribution in [0.1, 0.15) is 5.56 Å². The standard InChI is InChI=1S/C17H16N2O3/c20-16-11-18-17(21)15(19-16)10-12-6-8-14(9-7-12)22-13-4-2-1-3-5-13/h1-9,15H,10-11H2,(H,18,21)(H,19,20)/t15-/m0/s1. The van der Waals surface area contributed by atoms with Crippen molar-refractivity contribution in [3.8, 4) is 11.5 Å². The van der Waals surface area contributed by atoms with Crippen molar-refractivity contribution in [3.63, 3.8) is 0 Å². The summed E-state index contributed by atoms with van der Waals surface area (Å²) < 4.78 is 5.71. The summed E-state index contributed by atoms with van der Waals surface area (Å²) in [4.78, 5) is 23.0. The Bertz CT molecular complexity index is 668. The summed E-state index contributed by atoms with van der Waals surface area (Å²) in [6.07, 6.45) is 0.461. The zero-order valence-electron chi connectivity index (χ0n) is 11.9. The van der Waals surface area contributed by atoms with Gasteiger partial charge in [-0.05, 0) is 29.8 Å². The topological polar surface area (TPSA) is 67.4 Å². The fourth-order valence-electron chi connectivity index (χ4n) is 2.30. The van der Waals surface area contributed by atoms with Crippen molar-refractivity contribution in [3.05, 3.63) is 60.2 Å². The van der Waals surface area contributed by atoms with E-state index in [0.717, 1.165) is 17.1 Å². The molecule has 3 rings (SSSR count). The zero-order valence-corrected chi connectivity index (χ0v) is 11.9. The van der Waals surface area contributed by atoms with E-state index >= 15 is 0 Å². The van der Waals surface area contributed by atoms with E-state index in [4.69, 9.17) is 4.74 Å². The Hall–Kier alpha value is -2.82. The number of carbonyl (C=O) groups is 2. The van der Waals surface area contributed by atoms with Gasteiger partial charge in [0, 0.05) is 6.42 Å². The van der Waals surface area contributed by atoms with Crippen molar-refractivity contribution in [1.29, 1.82) is 0 Å². The van der Waals surface area contributed by atoms with Gasteiger partial charge in [0.15, 0.2) is 0 Å². The van der Waals surface area contributed by atoms with Crippen LogP contribution in [0.4, 0.5) is 0 Å². The van der Waals surface area contributed by atoms with Crippen LogP contribution in [0.2, 0.25) is 0 Å². The average molecular weight is 296 g/mol. The molecule has 1 fully saturated rings. The molecule has 2 aromatic carbocycles. The number of para-hydroxylation sites is 1. The maximum absolute atomic E-state index is 11.7. The lowest BCUT2D eigenvalue weighted by molar-refractivity contribution is -0.133. The van der Waals surface area contributed by atoms with E-state index in [9.17, 15) is 9.59 Å². The third-order valence-electron chi connectivity index (χ3n) is 3.42. The highest BCUT2D eigenvalue weighted by Gasteiger charge is 2.25. The number of ether oxygens (including phenoxy) is 1. The van der Waals surface area contributed by atoms with Crippen molar-refractivity contribution in [1.82, 2.24) is 10.6 Å². The molecule has 0 aliphatic carbocycles. The molecule has 1 aliphatic rings. The van der Waals surface area contributed by atoms with Gasteiger partial charge in [0.25, 0.3) is 0 Å². The normalized spacial score (nSPS) is 17.5. The van der Waals surface area contributed by atoms with E-state index < -0.39 is 6.04 Å². The monoisotopic (exact) mass is 296 g/mol. The van der Waals surface area contributed by atoms with Crippen LogP contribution in [0.15, 0.2) is 54.6 Å². The van der Waals surface area contributed by atoms with E-state index in [1.54, 1.807) is 0 Å². The second-order valence-corrected chi connectivity index (χ2v) is 5.10. The minimum atomic E-state index is -0.512. The van der Waals surface area contributed by atoms with E-state index in [-0.39, 0.29) is 18.4 Å². The fraction of sp³-hybridized carbons (Fsp3) is 0.176. The van der Waals surface area contributed by atoms with Crippen LogP contribution >= 0.6 is 0 Å². The second-order valence-electron chi connectivity index (χ2n) is 5.10. The minimum Gasteiger partial charge on any atom is -0.457 e. The molecule has 1 heterocycles. The lowest BCUT2D eigenvalue weighted by Crippen LogP contribution is -2.56. The van der Waals surface area contributed by atoms with E-state index in [1.165, 1.54) is 0 Å². The molecule has 5 heteroatoms. The molecule has 0 unspecified atom stereocenters. The summed E-state index contributed by atoms with van der Waals surface area (Å²) in [5.41, 5.74) is 0.961. The SMILES string of the molecule is O=C1CNC(=O)[C@H](Cc2ccc(Oc3ccccc3)cc2)N1. The summed E-state index contributed by atoms with van der Waals surface area (Å²) in [5.74, 6) is 1.19. The van der Waals surface area contributed by atoms with Crippen molar-refractivity contribution in [2.24, 2.45) is 0 Å². The van der Waals surface area contributed by atoms with Gasteiger partial charge in [-0.25, -0.2) is 0 Å². The molecule has 0 radical (unpaired) electrons. The Morgan fingerprint density at radius 2 is 1.64 bits per heavy atom. The molecule has 0 bridgehead atoms. The Kier molecular flexibility index (Phi) is 4.05. The number of rotatable bonds is 4. The van der Waals surface area contributed by atoms with Crippen LogP contribution in [0.5, 0.6) is 11.5 Å². The first kappa shape index (κ1) is 14.1. The van der Waals surface area contributed by atoms with Gasteiger partial charge in [-0.15, -0.1) is 0 Å². The predicted molar refractivity (Wildman–Crippen MR) is 81.6 cm³/mol. The maximum Gasteiger partial charge on any atom is 0.243 e. The Morgan fingerprint density at radius 1 is 0.955 bits per heavy atom. The minimum absolute atomic E-state index is 0.0547. The van der Waals surface area contributed by atoms with Gasteiger partial charge in [-0.2, -0.15) is 0 Å². The van der Waals surface area contributed by atoms with Gasteiger partial charge in [0.1, 0.15) is 17.5 Å². The molecule has 22 heavy (non-hydrogen) atoms. The van der Waals surface area contributed by atoms with Gasteiger partial charge in [0.05, 0.1) is 6.54 Å². The van der Waals surface area contributed by atoms with Crippen LogP contribution < -0.4 is 15.4 Å². The number of piperazine rings is 1. The highest BCUT2D eigenvalue weighted by Crippen LogP contribution is 2.21. The van der Waals surface area contributed by atoms with Crippen LogP contribution in [-0.2, 0) is 16.0 Å². The summed E-state index contributed by atoms with van der Waals surface area (Å²) >= 11 is 0. The van der Waals surface area contributed by atoms with Crippen molar-refractivity contribution < 1.29 is 14.3 Å². The second kappa shape index (κ2) is 6.30. The van der Waals surface area contributed by atoms with Crippen LogP contribution in [-0.4, -0.2) is 24.4 Å². The number of nitrogens with one attached hydrogen (secondary N) is 2. The molecule has 5 nitrogen and oxygen atoms in total.